The Morgan fingerprint density at radius 3 is 2.32 bits per heavy atom. The van der Waals surface area contributed by atoms with E-state index in [0.29, 0.717) is 0 Å². The second-order valence-electron chi connectivity index (χ2n) is 6.19. The lowest BCUT2D eigenvalue weighted by Crippen LogP contribution is -2.17. The van der Waals surface area contributed by atoms with Gasteiger partial charge in [-0.05, 0) is 17.7 Å². The molecule has 0 saturated carbocycles. The number of rotatable bonds is 0. The van der Waals surface area contributed by atoms with E-state index in [1.165, 1.54) is 22.9 Å². The number of hydrogen-bond acceptors (Lipinski definition) is 5. The second-order valence-corrected chi connectivity index (χ2v) is 6.71. The fraction of sp³-hybridized carbons (Fsp3) is 0.176. The first kappa shape index (κ1) is 12.2. The minimum Gasteiger partial charge on any atom is -0.248 e. The Morgan fingerprint density at radius 2 is 1.55 bits per heavy atom. The summed E-state index contributed by atoms with van der Waals surface area (Å²) in [6.45, 7) is 4.42. The van der Waals surface area contributed by atoms with E-state index in [0.717, 1.165) is 33.5 Å². The third-order valence-electron chi connectivity index (χ3n) is 4.49. The molecule has 2 heterocycles. The predicted molar refractivity (Wildman–Crippen MR) is 88.1 cm³/mol. The quantitative estimate of drug-likeness (QED) is 0.494. The molecule has 0 spiro atoms. The molecular weight excluding hydrogens is 292 g/mol. The summed E-state index contributed by atoms with van der Waals surface area (Å²) >= 11 is 1.22. The molecule has 22 heavy (non-hydrogen) atoms. The van der Waals surface area contributed by atoms with Crippen molar-refractivity contribution in [3.63, 3.8) is 0 Å². The van der Waals surface area contributed by atoms with Gasteiger partial charge in [0.2, 0.25) is 0 Å². The van der Waals surface area contributed by atoms with Crippen molar-refractivity contribution in [2.75, 3.05) is 0 Å². The fourth-order valence-corrected chi connectivity index (χ4v) is 3.83. The van der Waals surface area contributed by atoms with Crippen LogP contribution in [0.2, 0.25) is 0 Å². The lowest BCUT2D eigenvalue weighted by Gasteiger charge is -2.19. The van der Waals surface area contributed by atoms with E-state index in [1.54, 1.807) is 0 Å². The first-order chi connectivity index (χ1) is 10.6. The number of fused-ring (bicyclic) bond motifs is 5. The summed E-state index contributed by atoms with van der Waals surface area (Å²) in [7, 11) is 0. The highest BCUT2D eigenvalue weighted by Gasteiger charge is 2.38. The lowest BCUT2D eigenvalue weighted by atomic mass is 9.85. The highest BCUT2D eigenvalue weighted by atomic mass is 32.1. The highest BCUT2D eigenvalue weighted by Crippen LogP contribution is 2.47. The van der Waals surface area contributed by atoms with Gasteiger partial charge in [0.05, 0.1) is 34.1 Å². The van der Waals surface area contributed by atoms with Crippen molar-refractivity contribution in [2.45, 2.75) is 19.3 Å². The van der Waals surface area contributed by atoms with Gasteiger partial charge in [-0.25, -0.2) is 9.97 Å². The standard InChI is InChI=1S/C17H12N4S/c1-17(2)10-6-4-3-5-9(10)15-16(17)19-12-8-14-13(20-22-21-14)7-11(12)18-15/h3-8H,1-2H3. The van der Waals surface area contributed by atoms with Gasteiger partial charge in [0.15, 0.2) is 0 Å². The summed E-state index contributed by atoms with van der Waals surface area (Å²) in [6, 6.07) is 12.4. The van der Waals surface area contributed by atoms with Crippen LogP contribution in [-0.4, -0.2) is 18.7 Å². The molecule has 106 valence electrons. The first-order valence-corrected chi connectivity index (χ1v) is 7.92. The Hall–Kier alpha value is -2.40. The summed E-state index contributed by atoms with van der Waals surface area (Å²) in [4.78, 5) is 9.82. The van der Waals surface area contributed by atoms with Crippen LogP contribution < -0.4 is 0 Å². The molecule has 0 saturated heterocycles. The van der Waals surface area contributed by atoms with Gasteiger partial charge in [0, 0.05) is 11.0 Å². The Labute approximate surface area is 131 Å². The molecule has 0 bridgehead atoms. The smallest absolute Gasteiger partial charge is 0.107 e. The molecular formula is C17H12N4S. The zero-order chi connectivity index (χ0) is 14.9. The van der Waals surface area contributed by atoms with E-state index in [2.05, 4.69) is 46.9 Å². The summed E-state index contributed by atoms with van der Waals surface area (Å²) in [5.41, 5.74) is 7.94. The van der Waals surface area contributed by atoms with Gasteiger partial charge in [-0.15, -0.1) is 0 Å². The van der Waals surface area contributed by atoms with Gasteiger partial charge in [-0.1, -0.05) is 38.1 Å². The average Bonchev–Trinajstić information content (AvgIpc) is 3.05. The van der Waals surface area contributed by atoms with Gasteiger partial charge in [0.25, 0.3) is 0 Å². The molecule has 4 aromatic rings. The molecule has 4 nitrogen and oxygen atoms in total. The SMILES string of the molecule is CC1(C)c2ccccc2-c2nc3cc4nsnc4cc3nc21. The highest BCUT2D eigenvalue weighted by molar-refractivity contribution is 7.00. The fourth-order valence-electron chi connectivity index (χ4n) is 3.32. The van der Waals surface area contributed by atoms with Crippen molar-refractivity contribution in [2.24, 2.45) is 0 Å². The molecule has 0 atom stereocenters. The summed E-state index contributed by atoms with van der Waals surface area (Å²) in [5.74, 6) is 0. The molecule has 0 fully saturated rings. The Kier molecular flexibility index (Phi) is 2.14. The zero-order valence-electron chi connectivity index (χ0n) is 12.2. The van der Waals surface area contributed by atoms with E-state index in [1.807, 2.05) is 12.1 Å². The van der Waals surface area contributed by atoms with Crippen LogP contribution >= 0.6 is 11.7 Å². The van der Waals surface area contributed by atoms with E-state index in [9.17, 15) is 0 Å². The third kappa shape index (κ3) is 1.41. The van der Waals surface area contributed by atoms with Crippen LogP contribution in [0.4, 0.5) is 0 Å². The zero-order valence-corrected chi connectivity index (χ0v) is 13.0. The van der Waals surface area contributed by atoms with Crippen LogP contribution in [0, 0.1) is 0 Å². The Balaban J connectivity index is 1.92. The Morgan fingerprint density at radius 1 is 0.864 bits per heavy atom. The maximum atomic E-state index is 4.93. The first-order valence-electron chi connectivity index (χ1n) is 7.19. The van der Waals surface area contributed by atoms with Gasteiger partial charge >= 0.3 is 0 Å². The van der Waals surface area contributed by atoms with Gasteiger partial charge in [0.1, 0.15) is 11.0 Å². The molecule has 0 radical (unpaired) electrons. The molecule has 1 aliphatic carbocycles. The van der Waals surface area contributed by atoms with Crippen molar-refractivity contribution in [1.29, 1.82) is 0 Å². The molecule has 2 aromatic heterocycles. The average molecular weight is 304 g/mol. The topological polar surface area (TPSA) is 51.6 Å². The van der Waals surface area contributed by atoms with Crippen LogP contribution in [0.15, 0.2) is 36.4 Å². The number of hydrogen-bond donors (Lipinski definition) is 0. The second kappa shape index (κ2) is 3.87. The number of nitrogens with zero attached hydrogens (tertiary/aromatic N) is 4. The van der Waals surface area contributed by atoms with Crippen LogP contribution in [0.5, 0.6) is 0 Å². The maximum absolute atomic E-state index is 4.93. The van der Waals surface area contributed by atoms with Gasteiger partial charge in [-0.2, -0.15) is 8.75 Å². The Bertz CT molecular complexity index is 1060. The van der Waals surface area contributed by atoms with Crippen LogP contribution in [0.25, 0.3) is 33.3 Å². The molecule has 2 aromatic carbocycles. The molecule has 0 N–H and O–H groups in total. The van der Waals surface area contributed by atoms with Crippen molar-refractivity contribution >= 4 is 33.8 Å². The summed E-state index contributed by atoms with van der Waals surface area (Å²) in [6.07, 6.45) is 0. The largest absolute Gasteiger partial charge is 0.248 e. The third-order valence-corrected chi connectivity index (χ3v) is 5.04. The molecule has 1 aliphatic rings. The van der Waals surface area contributed by atoms with Crippen LogP contribution in [0.1, 0.15) is 25.1 Å². The number of aromatic nitrogens is 4. The molecule has 0 amide bonds. The van der Waals surface area contributed by atoms with Crippen LogP contribution in [0.3, 0.4) is 0 Å². The molecule has 0 aliphatic heterocycles. The molecule has 5 rings (SSSR count). The lowest BCUT2D eigenvalue weighted by molar-refractivity contribution is 0.638. The maximum Gasteiger partial charge on any atom is 0.107 e. The minimum absolute atomic E-state index is 0.123. The summed E-state index contributed by atoms with van der Waals surface area (Å²) in [5, 5.41) is 0. The minimum atomic E-state index is -0.123. The summed E-state index contributed by atoms with van der Waals surface area (Å²) < 4.78 is 8.60. The van der Waals surface area contributed by atoms with Gasteiger partial charge < -0.3 is 0 Å². The van der Waals surface area contributed by atoms with Crippen molar-refractivity contribution in [3.8, 4) is 11.3 Å². The molecule has 0 unspecified atom stereocenters. The number of benzene rings is 2. The normalized spacial score (nSPS) is 15.2. The van der Waals surface area contributed by atoms with E-state index < -0.39 is 0 Å². The van der Waals surface area contributed by atoms with Crippen LogP contribution in [-0.2, 0) is 5.41 Å². The predicted octanol–water partition coefficient (Wildman–Crippen LogP) is 3.94. The molecule has 5 heteroatoms. The van der Waals surface area contributed by atoms with Crippen molar-refractivity contribution < 1.29 is 0 Å². The van der Waals surface area contributed by atoms with Gasteiger partial charge in [-0.3, -0.25) is 0 Å². The van der Waals surface area contributed by atoms with Crippen molar-refractivity contribution in [3.05, 3.63) is 47.7 Å². The monoisotopic (exact) mass is 304 g/mol. The van der Waals surface area contributed by atoms with E-state index >= 15 is 0 Å². The van der Waals surface area contributed by atoms with E-state index in [4.69, 9.17) is 9.97 Å². The van der Waals surface area contributed by atoms with Crippen molar-refractivity contribution in [1.82, 2.24) is 18.7 Å². The van der Waals surface area contributed by atoms with E-state index in [-0.39, 0.29) is 5.41 Å².